The van der Waals surface area contributed by atoms with Crippen molar-refractivity contribution in [1.82, 2.24) is 14.1 Å². The van der Waals surface area contributed by atoms with Crippen LogP contribution >= 0.6 is 11.6 Å². The molecule has 6 nitrogen and oxygen atoms in total. The van der Waals surface area contributed by atoms with Gasteiger partial charge in [0, 0.05) is 37.0 Å². The van der Waals surface area contributed by atoms with Gasteiger partial charge in [-0.05, 0) is 48.7 Å². The highest BCUT2D eigenvalue weighted by molar-refractivity contribution is 6.30. The number of nitrogens with zero attached hydrogens (tertiary/aromatic N) is 3. The summed E-state index contributed by atoms with van der Waals surface area (Å²) in [6, 6.07) is 21.5. The van der Waals surface area contributed by atoms with Crippen molar-refractivity contribution in [3.8, 4) is 0 Å². The first-order valence-electron chi connectivity index (χ1n) is 12.4. The minimum absolute atomic E-state index is 0.0586. The molecule has 0 fully saturated rings. The van der Waals surface area contributed by atoms with Gasteiger partial charge in [-0.3, -0.25) is 4.79 Å². The third-order valence-electron chi connectivity index (χ3n) is 6.47. The Bertz CT molecular complexity index is 1280. The number of hydrogen-bond donors (Lipinski definition) is 2. The van der Waals surface area contributed by atoms with Gasteiger partial charge in [-0.25, -0.2) is 4.98 Å². The molecule has 188 valence electrons. The van der Waals surface area contributed by atoms with Crippen molar-refractivity contribution in [1.29, 1.82) is 0 Å². The zero-order chi connectivity index (χ0) is 25.5. The smallest absolute Gasteiger partial charge is 0.247 e. The fraction of sp³-hybridized carbons (Fsp3) is 0.310. The molecule has 2 N–H and O–H groups in total. The molecule has 0 saturated carbocycles. The maximum Gasteiger partial charge on any atom is 0.247 e. The van der Waals surface area contributed by atoms with Crippen molar-refractivity contribution in [2.24, 2.45) is 0 Å². The lowest BCUT2D eigenvalue weighted by Crippen LogP contribution is -2.28. The molecule has 2 aromatic carbocycles. The van der Waals surface area contributed by atoms with Gasteiger partial charge in [0.05, 0.1) is 12.3 Å². The number of amides is 1. The van der Waals surface area contributed by atoms with E-state index in [1.807, 2.05) is 89.0 Å². The van der Waals surface area contributed by atoms with E-state index in [9.17, 15) is 9.90 Å². The van der Waals surface area contributed by atoms with Gasteiger partial charge in [-0.15, -0.1) is 0 Å². The van der Waals surface area contributed by atoms with E-state index in [2.05, 4.69) is 17.2 Å². The van der Waals surface area contributed by atoms with Gasteiger partial charge in [0.15, 0.2) is 5.15 Å². The molecule has 4 aromatic rings. The molecule has 36 heavy (non-hydrogen) atoms. The molecule has 7 heteroatoms. The average molecular weight is 505 g/mol. The molecule has 0 aliphatic heterocycles. The Morgan fingerprint density at radius 2 is 1.81 bits per heavy atom. The first-order chi connectivity index (χ1) is 17.5. The zero-order valence-corrected chi connectivity index (χ0v) is 21.6. The summed E-state index contributed by atoms with van der Waals surface area (Å²) in [5.41, 5.74) is 4.56. The number of rotatable bonds is 11. The number of benzene rings is 2. The van der Waals surface area contributed by atoms with Crippen LogP contribution in [0.3, 0.4) is 0 Å². The minimum Gasteiger partial charge on any atom is -0.390 e. The number of carbonyl (C=O) groups excluding carboxylic acids is 1. The molecule has 0 radical (unpaired) electrons. The highest BCUT2D eigenvalue weighted by Gasteiger charge is 2.22. The first kappa shape index (κ1) is 25.7. The van der Waals surface area contributed by atoms with E-state index in [1.165, 1.54) is 0 Å². The van der Waals surface area contributed by atoms with Crippen LogP contribution in [0.25, 0.3) is 0 Å². The largest absolute Gasteiger partial charge is 0.390 e. The summed E-state index contributed by atoms with van der Waals surface area (Å²) in [6.45, 7) is 4.55. The van der Waals surface area contributed by atoms with Crippen LogP contribution in [-0.4, -0.2) is 25.1 Å². The molecule has 1 atom stereocenters. The molecule has 0 bridgehead atoms. The summed E-state index contributed by atoms with van der Waals surface area (Å²) in [5, 5.41) is 13.3. The van der Waals surface area contributed by atoms with Crippen molar-refractivity contribution in [2.45, 2.75) is 58.7 Å². The second-order valence-electron chi connectivity index (χ2n) is 9.06. The molecule has 0 spiro atoms. The summed E-state index contributed by atoms with van der Waals surface area (Å²) >= 11 is 6.28. The van der Waals surface area contributed by atoms with E-state index < -0.39 is 0 Å². The number of nitrogens with one attached hydrogen (secondary N) is 1. The van der Waals surface area contributed by atoms with Crippen LogP contribution in [0.1, 0.15) is 54.1 Å². The number of unbranched alkanes of at least 4 members (excludes halogenated alkanes) is 1. The fourth-order valence-electron chi connectivity index (χ4n) is 4.45. The van der Waals surface area contributed by atoms with Crippen LogP contribution in [0.2, 0.25) is 5.15 Å². The van der Waals surface area contributed by atoms with Gasteiger partial charge in [0.25, 0.3) is 0 Å². The van der Waals surface area contributed by atoms with Crippen molar-refractivity contribution in [3.05, 3.63) is 106 Å². The highest BCUT2D eigenvalue weighted by atomic mass is 35.5. The lowest BCUT2D eigenvalue weighted by molar-refractivity contribution is -0.119. The number of aliphatic hydroxyl groups excluding tert-OH is 1. The lowest BCUT2D eigenvalue weighted by Gasteiger charge is -2.21. The Balaban J connectivity index is 1.50. The summed E-state index contributed by atoms with van der Waals surface area (Å²) in [4.78, 5) is 17.9. The second-order valence-corrected chi connectivity index (χ2v) is 9.42. The van der Waals surface area contributed by atoms with E-state index in [4.69, 9.17) is 11.6 Å². The van der Waals surface area contributed by atoms with Gasteiger partial charge < -0.3 is 19.6 Å². The number of imidazole rings is 1. The minimum atomic E-state index is -0.358. The zero-order valence-electron chi connectivity index (χ0n) is 20.8. The monoisotopic (exact) mass is 504 g/mol. The third kappa shape index (κ3) is 6.07. The number of aliphatic hydroxyl groups is 1. The number of halogens is 1. The molecular weight excluding hydrogens is 472 g/mol. The molecule has 4 rings (SSSR count). The van der Waals surface area contributed by atoms with Gasteiger partial charge in [0.2, 0.25) is 5.91 Å². The predicted octanol–water partition coefficient (Wildman–Crippen LogP) is 5.95. The van der Waals surface area contributed by atoms with Crippen LogP contribution in [0, 0.1) is 6.92 Å². The van der Waals surface area contributed by atoms with Crippen LogP contribution < -0.4 is 5.32 Å². The molecule has 0 aliphatic rings. The van der Waals surface area contributed by atoms with Crippen LogP contribution in [-0.2, 0) is 30.8 Å². The first-order valence-corrected chi connectivity index (χ1v) is 12.8. The summed E-state index contributed by atoms with van der Waals surface area (Å²) < 4.78 is 4.02. The quantitative estimate of drug-likeness (QED) is 0.265. The van der Waals surface area contributed by atoms with Crippen LogP contribution in [0.4, 0.5) is 5.69 Å². The average Bonchev–Trinajstić information content (AvgIpc) is 3.44. The number of aromatic nitrogens is 3. The molecular formula is C29H33ClN4O2. The highest BCUT2D eigenvalue weighted by Crippen LogP contribution is 2.23. The molecule has 1 unspecified atom stereocenters. The maximum atomic E-state index is 13.4. The molecule has 0 saturated heterocycles. The van der Waals surface area contributed by atoms with Crippen LogP contribution in [0.15, 0.2) is 72.9 Å². The maximum absolute atomic E-state index is 13.4. The number of anilines is 1. The molecule has 2 heterocycles. The standard InChI is InChI=1S/C29H33ClN4O2/c1-3-4-12-27-32-28(30)26(20-35)34(27)19-23-13-15-24(16-14-23)31-29(36)25(33-17-8-9-21(33)2)18-22-10-6-5-7-11-22/h5-11,13-17,25,35H,3-4,12,18-20H2,1-2H3,(H,31,36). The fourth-order valence-corrected chi connectivity index (χ4v) is 4.71. The molecule has 0 aliphatic carbocycles. The Hall–Kier alpha value is -3.35. The Labute approximate surface area is 217 Å². The normalized spacial score (nSPS) is 12.0. The summed E-state index contributed by atoms with van der Waals surface area (Å²) in [6.07, 6.45) is 5.43. The number of carbonyl (C=O) groups is 1. The van der Waals surface area contributed by atoms with E-state index in [1.54, 1.807) is 0 Å². The topological polar surface area (TPSA) is 72.1 Å². The SMILES string of the molecule is CCCCc1nc(Cl)c(CO)n1Cc1ccc(NC(=O)C(Cc2ccccc2)n2cccc2C)cc1. The van der Waals surface area contributed by atoms with Crippen molar-refractivity contribution in [3.63, 3.8) is 0 Å². The van der Waals surface area contributed by atoms with E-state index >= 15 is 0 Å². The van der Waals surface area contributed by atoms with Crippen molar-refractivity contribution >= 4 is 23.2 Å². The van der Waals surface area contributed by atoms with Gasteiger partial charge in [-0.1, -0.05) is 67.4 Å². The van der Waals surface area contributed by atoms with E-state index in [0.29, 0.717) is 23.8 Å². The Morgan fingerprint density at radius 3 is 2.44 bits per heavy atom. The Kier molecular flexibility index (Phi) is 8.62. The van der Waals surface area contributed by atoms with Crippen LogP contribution in [0.5, 0.6) is 0 Å². The van der Waals surface area contributed by atoms with Gasteiger partial charge in [0.1, 0.15) is 11.9 Å². The van der Waals surface area contributed by atoms with Crippen molar-refractivity contribution in [2.75, 3.05) is 5.32 Å². The van der Waals surface area contributed by atoms with Gasteiger partial charge in [-0.2, -0.15) is 0 Å². The number of hydrogen-bond acceptors (Lipinski definition) is 3. The van der Waals surface area contributed by atoms with E-state index in [-0.39, 0.29) is 18.6 Å². The van der Waals surface area contributed by atoms with Gasteiger partial charge >= 0.3 is 0 Å². The van der Waals surface area contributed by atoms with E-state index in [0.717, 1.165) is 47.6 Å². The summed E-state index contributed by atoms with van der Waals surface area (Å²) in [5.74, 6) is 0.825. The Morgan fingerprint density at radius 1 is 1.06 bits per heavy atom. The lowest BCUT2D eigenvalue weighted by atomic mass is 10.0. The molecule has 2 aromatic heterocycles. The summed E-state index contributed by atoms with van der Waals surface area (Å²) in [7, 11) is 0. The molecule has 1 amide bonds. The third-order valence-corrected chi connectivity index (χ3v) is 6.77. The predicted molar refractivity (Wildman–Crippen MR) is 144 cm³/mol. The second kappa shape index (κ2) is 12.1. The number of aryl methyl sites for hydroxylation is 2. The van der Waals surface area contributed by atoms with Crippen molar-refractivity contribution < 1.29 is 9.90 Å².